The average Bonchev–Trinajstić information content (AvgIpc) is 2.68. The Morgan fingerprint density at radius 2 is 1.85 bits per heavy atom. The van der Waals surface area contributed by atoms with Crippen LogP contribution in [0.3, 0.4) is 0 Å². The number of benzene rings is 2. The SMILES string of the molecule is COC(=O)Nc1cc([C@H](O)CN[C@H](C)Cc2ccc(OC)cc2)ccc1O. The molecule has 0 spiro atoms. The third kappa shape index (κ3) is 6.16. The van der Waals surface area contributed by atoms with Gasteiger partial charge in [-0.3, -0.25) is 5.32 Å². The van der Waals surface area contributed by atoms with Crippen molar-refractivity contribution in [3.8, 4) is 11.5 Å². The van der Waals surface area contributed by atoms with Gasteiger partial charge in [-0.25, -0.2) is 4.79 Å². The van der Waals surface area contributed by atoms with Crippen LogP contribution in [0, 0.1) is 0 Å². The van der Waals surface area contributed by atoms with Crippen LogP contribution >= 0.6 is 0 Å². The first-order chi connectivity index (χ1) is 12.9. The molecule has 2 aromatic rings. The van der Waals surface area contributed by atoms with Crippen molar-refractivity contribution in [2.24, 2.45) is 0 Å². The number of nitrogens with one attached hydrogen (secondary N) is 2. The van der Waals surface area contributed by atoms with Crippen LogP contribution in [0.1, 0.15) is 24.2 Å². The zero-order chi connectivity index (χ0) is 19.8. The molecule has 0 fully saturated rings. The van der Waals surface area contributed by atoms with Gasteiger partial charge in [-0.2, -0.15) is 0 Å². The summed E-state index contributed by atoms with van der Waals surface area (Å²) < 4.78 is 9.67. The molecule has 27 heavy (non-hydrogen) atoms. The molecular formula is C20H26N2O5. The maximum Gasteiger partial charge on any atom is 0.411 e. The smallest absolute Gasteiger partial charge is 0.411 e. The highest BCUT2D eigenvalue weighted by atomic mass is 16.5. The molecule has 0 aliphatic heterocycles. The molecule has 0 bridgehead atoms. The van der Waals surface area contributed by atoms with Crippen LogP contribution < -0.4 is 15.4 Å². The summed E-state index contributed by atoms with van der Waals surface area (Å²) in [6, 6.07) is 12.6. The number of ether oxygens (including phenoxy) is 2. The lowest BCUT2D eigenvalue weighted by atomic mass is 10.1. The molecule has 7 nitrogen and oxygen atoms in total. The van der Waals surface area contributed by atoms with E-state index >= 15 is 0 Å². The number of carbonyl (C=O) groups is 1. The topological polar surface area (TPSA) is 100 Å². The fourth-order valence-corrected chi connectivity index (χ4v) is 2.64. The number of carbonyl (C=O) groups excluding carboxylic acids is 1. The molecular weight excluding hydrogens is 348 g/mol. The maximum atomic E-state index is 11.3. The van der Waals surface area contributed by atoms with Crippen molar-refractivity contribution >= 4 is 11.8 Å². The molecule has 2 rings (SSSR count). The monoisotopic (exact) mass is 374 g/mol. The van der Waals surface area contributed by atoms with Crippen LogP contribution in [-0.2, 0) is 11.2 Å². The summed E-state index contributed by atoms with van der Waals surface area (Å²) in [6.07, 6.45) is -0.674. The third-order valence-electron chi connectivity index (χ3n) is 4.19. The highest BCUT2D eigenvalue weighted by Crippen LogP contribution is 2.27. The van der Waals surface area contributed by atoms with Crippen molar-refractivity contribution < 1.29 is 24.5 Å². The zero-order valence-electron chi connectivity index (χ0n) is 15.7. The van der Waals surface area contributed by atoms with E-state index in [-0.39, 0.29) is 17.5 Å². The van der Waals surface area contributed by atoms with Crippen LogP contribution in [-0.4, -0.2) is 43.1 Å². The maximum absolute atomic E-state index is 11.3. The quantitative estimate of drug-likeness (QED) is 0.530. The van der Waals surface area contributed by atoms with Gasteiger partial charge in [0.25, 0.3) is 0 Å². The normalized spacial score (nSPS) is 12.9. The number of aliphatic hydroxyl groups excluding tert-OH is 1. The summed E-state index contributed by atoms with van der Waals surface area (Å²) in [6.45, 7) is 2.37. The van der Waals surface area contributed by atoms with E-state index in [0.29, 0.717) is 12.1 Å². The van der Waals surface area contributed by atoms with E-state index in [2.05, 4.69) is 15.4 Å². The average molecular weight is 374 g/mol. The van der Waals surface area contributed by atoms with Gasteiger partial charge >= 0.3 is 6.09 Å². The minimum Gasteiger partial charge on any atom is -0.506 e. The van der Waals surface area contributed by atoms with E-state index in [0.717, 1.165) is 12.2 Å². The van der Waals surface area contributed by atoms with Crippen LogP contribution in [0.2, 0.25) is 0 Å². The summed E-state index contributed by atoms with van der Waals surface area (Å²) in [5.41, 5.74) is 1.92. The first-order valence-electron chi connectivity index (χ1n) is 8.65. The van der Waals surface area contributed by atoms with Gasteiger partial charge in [0.2, 0.25) is 0 Å². The molecule has 0 heterocycles. The Kier molecular flexibility index (Phi) is 7.45. The Labute approximate surface area is 158 Å². The van der Waals surface area contributed by atoms with Gasteiger partial charge in [-0.05, 0) is 48.7 Å². The van der Waals surface area contributed by atoms with E-state index in [1.807, 2.05) is 31.2 Å². The predicted octanol–water partition coefficient (Wildman–Crippen LogP) is 2.83. The van der Waals surface area contributed by atoms with E-state index in [1.165, 1.54) is 24.8 Å². The molecule has 4 N–H and O–H groups in total. The second-order valence-electron chi connectivity index (χ2n) is 6.27. The predicted molar refractivity (Wildman–Crippen MR) is 103 cm³/mol. The van der Waals surface area contributed by atoms with Crippen molar-refractivity contribution in [2.45, 2.75) is 25.5 Å². The van der Waals surface area contributed by atoms with Gasteiger partial charge in [0, 0.05) is 12.6 Å². The van der Waals surface area contributed by atoms with Crippen molar-refractivity contribution in [1.82, 2.24) is 5.32 Å². The molecule has 0 saturated carbocycles. The number of anilines is 1. The van der Waals surface area contributed by atoms with Gasteiger partial charge in [-0.15, -0.1) is 0 Å². The van der Waals surface area contributed by atoms with Gasteiger partial charge in [-0.1, -0.05) is 18.2 Å². The number of aliphatic hydroxyl groups is 1. The van der Waals surface area contributed by atoms with Crippen molar-refractivity contribution in [3.63, 3.8) is 0 Å². The van der Waals surface area contributed by atoms with Gasteiger partial charge in [0.15, 0.2) is 0 Å². The molecule has 7 heteroatoms. The number of methoxy groups -OCH3 is 2. The summed E-state index contributed by atoms with van der Waals surface area (Å²) in [7, 11) is 2.87. The first-order valence-corrected chi connectivity index (χ1v) is 8.65. The summed E-state index contributed by atoms with van der Waals surface area (Å²) in [4.78, 5) is 11.3. The molecule has 0 unspecified atom stereocenters. The van der Waals surface area contributed by atoms with Gasteiger partial charge in [0.05, 0.1) is 26.0 Å². The molecule has 0 aliphatic rings. The van der Waals surface area contributed by atoms with Crippen LogP contribution in [0.15, 0.2) is 42.5 Å². The summed E-state index contributed by atoms with van der Waals surface area (Å²) in [5, 5.41) is 25.9. The number of rotatable bonds is 8. The standard InChI is InChI=1S/C20H26N2O5/c1-13(10-14-4-7-16(26-2)8-5-14)21-12-19(24)15-6-9-18(23)17(11-15)22-20(25)27-3/h4-9,11,13,19,21,23-24H,10,12H2,1-3H3,(H,22,25)/t13-,19-/m1/s1. The molecule has 2 atom stereocenters. The number of hydrogen-bond donors (Lipinski definition) is 4. The Bertz CT molecular complexity index is 749. The van der Waals surface area contributed by atoms with Crippen molar-refractivity contribution in [3.05, 3.63) is 53.6 Å². The largest absolute Gasteiger partial charge is 0.506 e. The summed E-state index contributed by atoms with van der Waals surface area (Å²) >= 11 is 0. The lowest BCUT2D eigenvalue weighted by Gasteiger charge is -2.18. The van der Waals surface area contributed by atoms with E-state index in [9.17, 15) is 15.0 Å². The van der Waals surface area contributed by atoms with Gasteiger partial charge in [0.1, 0.15) is 11.5 Å². The first kappa shape index (κ1) is 20.5. The van der Waals surface area contributed by atoms with Crippen molar-refractivity contribution in [2.75, 3.05) is 26.1 Å². The number of hydrogen-bond acceptors (Lipinski definition) is 6. The van der Waals surface area contributed by atoms with Crippen LogP contribution in [0.25, 0.3) is 0 Å². The zero-order valence-corrected chi connectivity index (χ0v) is 15.7. The molecule has 0 aromatic heterocycles. The molecule has 1 amide bonds. The molecule has 146 valence electrons. The van der Waals surface area contributed by atoms with E-state index < -0.39 is 12.2 Å². The Morgan fingerprint density at radius 3 is 2.48 bits per heavy atom. The minimum atomic E-state index is -0.790. The Balaban J connectivity index is 1.91. The fraction of sp³-hybridized carbons (Fsp3) is 0.350. The molecule has 0 saturated heterocycles. The molecule has 0 aliphatic carbocycles. The Hall–Kier alpha value is -2.77. The number of phenolic OH excluding ortho intramolecular Hbond substituents is 1. The second-order valence-corrected chi connectivity index (χ2v) is 6.27. The number of phenols is 1. The van der Waals surface area contributed by atoms with Gasteiger partial charge < -0.3 is 25.0 Å². The van der Waals surface area contributed by atoms with E-state index in [4.69, 9.17) is 4.74 Å². The van der Waals surface area contributed by atoms with Crippen LogP contribution in [0.5, 0.6) is 11.5 Å². The lowest BCUT2D eigenvalue weighted by molar-refractivity contribution is 0.170. The van der Waals surface area contributed by atoms with E-state index in [1.54, 1.807) is 13.2 Å². The Morgan fingerprint density at radius 1 is 1.15 bits per heavy atom. The number of aromatic hydroxyl groups is 1. The molecule has 2 aromatic carbocycles. The second kappa shape index (κ2) is 9.80. The number of amides is 1. The molecule has 0 radical (unpaired) electrons. The lowest BCUT2D eigenvalue weighted by Crippen LogP contribution is -2.32. The van der Waals surface area contributed by atoms with Crippen LogP contribution in [0.4, 0.5) is 10.5 Å². The highest BCUT2D eigenvalue weighted by Gasteiger charge is 2.14. The minimum absolute atomic E-state index is 0.0998. The fourth-order valence-electron chi connectivity index (χ4n) is 2.64. The highest BCUT2D eigenvalue weighted by molar-refractivity contribution is 5.86. The summed E-state index contributed by atoms with van der Waals surface area (Å²) in [5.74, 6) is 0.718. The van der Waals surface area contributed by atoms with Crippen molar-refractivity contribution in [1.29, 1.82) is 0 Å². The third-order valence-corrected chi connectivity index (χ3v) is 4.19.